The quantitative estimate of drug-likeness (QED) is 0.848. The lowest BCUT2D eigenvalue weighted by molar-refractivity contribution is 0.208. The van der Waals surface area contributed by atoms with Crippen molar-refractivity contribution in [2.45, 2.75) is 0 Å². The van der Waals surface area contributed by atoms with Gasteiger partial charge in [0.05, 0.1) is 15.7 Å². The van der Waals surface area contributed by atoms with Crippen molar-refractivity contribution in [1.82, 2.24) is 4.90 Å². The second-order valence-corrected chi connectivity index (χ2v) is 6.30. The van der Waals surface area contributed by atoms with Crippen molar-refractivity contribution in [2.24, 2.45) is 0 Å². The molecule has 1 saturated heterocycles. The number of nitrogens with zero attached hydrogens (tertiary/aromatic N) is 2. The maximum absolute atomic E-state index is 12.9. The van der Waals surface area contributed by atoms with E-state index in [1.807, 2.05) is 0 Å². The first-order valence-electron chi connectivity index (χ1n) is 7.55. The van der Waals surface area contributed by atoms with Crippen LogP contribution >= 0.6 is 23.2 Å². The van der Waals surface area contributed by atoms with Crippen LogP contribution in [0.3, 0.4) is 0 Å². The van der Waals surface area contributed by atoms with Gasteiger partial charge in [-0.15, -0.1) is 0 Å². The van der Waals surface area contributed by atoms with Gasteiger partial charge >= 0.3 is 6.03 Å². The molecule has 2 amide bonds. The maximum Gasteiger partial charge on any atom is 0.321 e. The zero-order chi connectivity index (χ0) is 17.1. The van der Waals surface area contributed by atoms with E-state index in [0.717, 1.165) is 5.69 Å². The van der Waals surface area contributed by atoms with E-state index in [1.54, 1.807) is 23.1 Å². The second kappa shape index (κ2) is 7.28. The van der Waals surface area contributed by atoms with E-state index in [-0.39, 0.29) is 11.8 Å². The van der Waals surface area contributed by atoms with Gasteiger partial charge < -0.3 is 15.1 Å². The average Bonchev–Trinajstić information content (AvgIpc) is 2.57. The lowest BCUT2D eigenvalue weighted by Gasteiger charge is -2.36. The molecular weight excluding hydrogens is 352 g/mol. The normalized spacial score (nSPS) is 14.6. The van der Waals surface area contributed by atoms with Crippen molar-refractivity contribution in [3.05, 3.63) is 58.3 Å². The van der Waals surface area contributed by atoms with E-state index in [2.05, 4.69) is 10.2 Å². The van der Waals surface area contributed by atoms with E-state index in [4.69, 9.17) is 23.2 Å². The Kier molecular flexibility index (Phi) is 5.11. The Morgan fingerprint density at radius 3 is 2.12 bits per heavy atom. The molecule has 0 bridgehead atoms. The molecule has 24 heavy (non-hydrogen) atoms. The van der Waals surface area contributed by atoms with Crippen LogP contribution in [0.1, 0.15) is 0 Å². The van der Waals surface area contributed by atoms with Crippen LogP contribution in [0.4, 0.5) is 20.6 Å². The number of anilines is 2. The van der Waals surface area contributed by atoms with Gasteiger partial charge in [0.15, 0.2) is 0 Å². The Hall–Kier alpha value is -1.98. The molecular formula is C17H16Cl2FN3O. The van der Waals surface area contributed by atoms with Crippen molar-refractivity contribution >= 4 is 40.6 Å². The van der Waals surface area contributed by atoms with Gasteiger partial charge in [-0.05, 0) is 36.4 Å². The Balaban J connectivity index is 1.60. The van der Waals surface area contributed by atoms with Crippen molar-refractivity contribution in [3.63, 3.8) is 0 Å². The Morgan fingerprint density at radius 1 is 0.958 bits per heavy atom. The van der Waals surface area contributed by atoms with Crippen molar-refractivity contribution in [3.8, 4) is 0 Å². The highest BCUT2D eigenvalue weighted by Crippen LogP contribution is 2.34. The Labute approximate surface area is 149 Å². The molecule has 2 aromatic rings. The lowest BCUT2D eigenvalue weighted by atomic mass is 10.2. The number of amides is 2. The molecule has 1 N–H and O–H groups in total. The van der Waals surface area contributed by atoms with E-state index in [1.165, 1.54) is 24.3 Å². The van der Waals surface area contributed by atoms with Crippen LogP contribution < -0.4 is 10.2 Å². The molecule has 0 atom stereocenters. The predicted octanol–water partition coefficient (Wildman–Crippen LogP) is 4.49. The number of nitrogens with one attached hydrogen (secondary N) is 1. The van der Waals surface area contributed by atoms with Crippen LogP contribution in [0.2, 0.25) is 10.0 Å². The highest BCUT2D eigenvalue weighted by atomic mass is 35.5. The minimum atomic E-state index is -0.335. The molecule has 7 heteroatoms. The third-order valence-electron chi connectivity index (χ3n) is 3.92. The third-order valence-corrected chi connectivity index (χ3v) is 4.53. The minimum Gasteiger partial charge on any atom is -0.366 e. The van der Waals surface area contributed by atoms with E-state index in [9.17, 15) is 9.18 Å². The summed E-state index contributed by atoms with van der Waals surface area (Å²) in [6, 6.07) is 10.9. The number of hydrogen-bond donors (Lipinski definition) is 1. The van der Waals surface area contributed by atoms with Gasteiger partial charge in [-0.1, -0.05) is 29.3 Å². The standard InChI is InChI=1S/C17H16Cl2FN3O/c18-14-2-1-3-15(19)16(14)22-8-10-23(11-9-22)17(24)21-13-6-4-12(20)5-7-13/h1-7H,8-11H2,(H,21,24). The van der Waals surface area contributed by atoms with Crippen LogP contribution in [0.5, 0.6) is 0 Å². The number of urea groups is 1. The van der Waals surface area contributed by atoms with Crippen LogP contribution in [-0.4, -0.2) is 37.1 Å². The van der Waals surface area contributed by atoms with Crippen molar-refractivity contribution in [1.29, 1.82) is 0 Å². The van der Waals surface area contributed by atoms with Gasteiger partial charge in [0.2, 0.25) is 0 Å². The molecule has 0 radical (unpaired) electrons. The molecule has 0 spiro atoms. The summed E-state index contributed by atoms with van der Waals surface area (Å²) >= 11 is 12.5. The fourth-order valence-electron chi connectivity index (χ4n) is 2.66. The molecule has 4 nitrogen and oxygen atoms in total. The fourth-order valence-corrected chi connectivity index (χ4v) is 3.30. The number of para-hydroxylation sites is 1. The zero-order valence-corrected chi connectivity index (χ0v) is 14.3. The third kappa shape index (κ3) is 3.74. The highest BCUT2D eigenvalue weighted by Gasteiger charge is 2.23. The van der Waals surface area contributed by atoms with Crippen LogP contribution in [0.15, 0.2) is 42.5 Å². The first kappa shape index (κ1) is 16.9. The number of halogens is 3. The summed E-state index contributed by atoms with van der Waals surface area (Å²) < 4.78 is 12.9. The SMILES string of the molecule is O=C(Nc1ccc(F)cc1)N1CCN(c2c(Cl)cccc2Cl)CC1. The summed E-state index contributed by atoms with van der Waals surface area (Å²) in [6.07, 6.45) is 0. The highest BCUT2D eigenvalue weighted by molar-refractivity contribution is 6.39. The fraction of sp³-hybridized carbons (Fsp3) is 0.235. The first-order chi connectivity index (χ1) is 11.5. The number of rotatable bonds is 2. The van der Waals surface area contributed by atoms with E-state index in [0.29, 0.717) is 41.9 Å². The number of piperazine rings is 1. The van der Waals surface area contributed by atoms with Gasteiger partial charge in [0.25, 0.3) is 0 Å². The molecule has 0 unspecified atom stereocenters. The number of hydrogen-bond acceptors (Lipinski definition) is 2. The van der Waals surface area contributed by atoms with Gasteiger partial charge in [0, 0.05) is 31.9 Å². The summed E-state index contributed by atoms with van der Waals surface area (Å²) in [5.41, 5.74) is 1.37. The number of carbonyl (C=O) groups is 1. The summed E-state index contributed by atoms with van der Waals surface area (Å²) in [5.74, 6) is -0.335. The van der Waals surface area contributed by atoms with Gasteiger partial charge in [0.1, 0.15) is 5.82 Å². The van der Waals surface area contributed by atoms with Crippen molar-refractivity contribution < 1.29 is 9.18 Å². The minimum absolute atomic E-state index is 0.202. The monoisotopic (exact) mass is 367 g/mol. The molecule has 0 aromatic heterocycles. The molecule has 2 aromatic carbocycles. The molecule has 3 rings (SSSR count). The zero-order valence-electron chi connectivity index (χ0n) is 12.8. The molecule has 1 heterocycles. The van der Waals surface area contributed by atoms with Crippen molar-refractivity contribution in [2.75, 3.05) is 36.4 Å². The second-order valence-electron chi connectivity index (χ2n) is 5.48. The number of carbonyl (C=O) groups excluding carboxylic acids is 1. The molecule has 0 saturated carbocycles. The Bertz CT molecular complexity index is 711. The van der Waals surface area contributed by atoms with E-state index >= 15 is 0 Å². The van der Waals surface area contributed by atoms with Gasteiger partial charge in [-0.3, -0.25) is 0 Å². The summed E-state index contributed by atoms with van der Waals surface area (Å²) in [6.45, 7) is 2.38. The first-order valence-corrected chi connectivity index (χ1v) is 8.30. The van der Waals surface area contributed by atoms with Crippen LogP contribution in [0.25, 0.3) is 0 Å². The predicted molar refractivity (Wildman–Crippen MR) is 95.7 cm³/mol. The molecule has 0 aliphatic carbocycles. The summed E-state index contributed by atoms with van der Waals surface area (Å²) in [5, 5.41) is 3.97. The van der Waals surface area contributed by atoms with Crippen LogP contribution in [-0.2, 0) is 0 Å². The number of benzene rings is 2. The molecule has 1 aliphatic heterocycles. The largest absolute Gasteiger partial charge is 0.366 e. The van der Waals surface area contributed by atoms with Crippen LogP contribution in [0, 0.1) is 5.82 Å². The summed E-state index contributed by atoms with van der Waals surface area (Å²) in [7, 11) is 0. The maximum atomic E-state index is 12.9. The lowest BCUT2D eigenvalue weighted by Crippen LogP contribution is -2.50. The molecule has 1 aliphatic rings. The average molecular weight is 368 g/mol. The molecule has 1 fully saturated rings. The molecule has 126 valence electrons. The van der Waals surface area contributed by atoms with Gasteiger partial charge in [-0.25, -0.2) is 9.18 Å². The summed E-state index contributed by atoms with van der Waals surface area (Å²) in [4.78, 5) is 16.1. The van der Waals surface area contributed by atoms with E-state index < -0.39 is 0 Å². The smallest absolute Gasteiger partial charge is 0.321 e. The Morgan fingerprint density at radius 2 is 1.54 bits per heavy atom. The van der Waals surface area contributed by atoms with Gasteiger partial charge in [-0.2, -0.15) is 0 Å². The topological polar surface area (TPSA) is 35.6 Å².